The maximum absolute atomic E-state index is 12.1. The lowest BCUT2D eigenvalue weighted by Crippen LogP contribution is -2.14. The Kier molecular flexibility index (Phi) is 4.30. The van der Waals surface area contributed by atoms with Crippen molar-refractivity contribution in [2.45, 2.75) is 18.2 Å². The summed E-state index contributed by atoms with van der Waals surface area (Å²) in [5.41, 5.74) is 0.919. The lowest BCUT2D eigenvalue weighted by Gasteiger charge is -2.04. The Morgan fingerprint density at radius 3 is 2.53 bits per heavy atom. The Morgan fingerprint density at radius 2 is 2.07 bits per heavy atom. The molecule has 1 aromatic carbocycles. The number of carbonyl (C=O) groups is 1. The van der Waals surface area contributed by atoms with Crippen molar-refractivity contribution < 1.29 is 8.68 Å². The highest BCUT2D eigenvalue weighted by molar-refractivity contribution is 7.94. The topological polar surface area (TPSA) is 53.0 Å². The zero-order chi connectivity index (χ0) is 11.3. The van der Waals surface area contributed by atoms with Gasteiger partial charge in [0.1, 0.15) is 0 Å². The average molecular weight is 226 g/mol. The summed E-state index contributed by atoms with van der Waals surface area (Å²) < 4.78 is 12.1. The van der Waals surface area contributed by atoms with Crippen LogP contribution in [0.3, 0.4) is 0 Å². The number of carbonyl (C=O) groups excluding carboxylic acids is 1. The maximum atomic E-state index is 12.1. The van der Waals surface area contributed by atoms with Crippen LogP contribution in [-0.4, -0.2) is 11.6 Å². The first-order valence-electron chi connectivity index (χ1n) is 4.34. The van der Waals surface area contributed by atoms with Gasteiger partial charge >= 0.3 is 0 Å². The Bertz CT molecular complexity index is 364. The first-order valence-corrected chi connectivity index (χ1v) is 5.06. The van der Waals surface area contributed by atoms with Gasteiger partial charge in [-0.15, -0.1) is 0 Å². The van der Waals surface area contributed by atoms with Crippen LogP contribution in [0.25, 0.3) is 0 Å². The first kappa shape index (κ1) is 11.7. The van der Waals surface area contributed by atoms with Crippen molar-refractivity contribution in [3.05, 3.63) is 24.3 Å². The molecule has 0 aliphatic rings. The molecule has 0 saturated carbocycles. The molecule has 0 aliphatic carbocycles. The molecular formula is C10H11FN2OS. The molecule has 0 spiro atoms. The number of halogens is 1. The monoisotopic (exact) mass is 226 g/mol. The molecule has 1 amide bonds. The van der Waals surface area contributed by atoms with Crippen molar-refractivity contribution in [2.24, 2.45) is 0 Å². The molecule has 0 aliphatic heterocycles. The van der Waals surface area contributed by atoms with E-state index < -0.39 is 0 Å². The van der Waals surface area contributed by atoms with E-state index in [-0.39, 0.29) is 24.5 Å². The Balaban J connectivity index is 2.57. The predicted octanol–water partition coefficient (Wildman–Crippen LogP) is 3.03. The van der Waals surface area contributed by atoms with E-state index in [4.69, 9.17) is 5.41 Å². The van der Waals surface area contributed by atoms with E-state index in [0.717, 1.165) is 0 Å². The van der Waals surface area contributed by atoms with Crippen LogP contribution in [0.15, 0.2) is 29.2 Å². The number of rotatable bonds is 4. The quantitative estimate of drug-likeness (QED) is 0.775. The molecule has 0 saturated heterocycles. The van der Waals surface area contributed by atoms with E-state index in [0.29, 0.717) is 16.3 Å². The van der Waals surface area contributed by atoms with Crippen LogP contribution in [0.5, 0.6) is 0 Å². The molecule has 0 radical (unpaired) electrons. The predicted molar refractivity (Wildman–Crippen MR) is 60.1 cm³/mol. The molecule has 0 atom stereocenters. The SMILES string of the molecule is CC(=N)CC(=O)Nc1ccc(SF)cc1. The van der Waals surface area contributed by atoms with Gasteiger partial charge in [-0.1, -0.05) is 0 Å². The van der Waals surface area contributed by atoms with Gasteiger partial charge in [-0.3, -0.25) is 4.79 Å². The van der Waals surface area contributed by atoms with Gasteiger partial charge in [-0.2, -0.15) is 3.89 Å². The molecule has 1 rings (SSSR count). The lowest BCUT2D eigenvalue weighted by atomic mass is 10.2. The van der Waals surface area contributed by atoms with Crippen LogP contribution in [-0.2, 0) is 4.79 Å². The number of hydrogen-bond donors (Lipinski definition) is 2. The molecule has 0 heterocycles. The summed E-state index contributed by atoms with van der Waals surface area (Å²) >= 11 is 0.160. The van der Waals surface area contributed by atoms with Crippen molar-refractivity contribution >= 4 is 29.5 Å². The minimum Gasteiger partial charge on any atom is -0.326 e. The van der Waals surface area contributed by atoms with Gasteiger partial charge < -0.3 is 10.7 Å². The second-order valence-corrected chi connectivity index (χ2v) is 3.73. The Morgan fingerprint density at radius 1 is 1.47 bits per heavy atom. The molecule has 2 N–H and O–H groups in total. The number of hydrogen-bond acceptors (Lipinski definition) is 3. The molecule has 15 heavy (non-hydrogen) atoms. The smallest absolute Gasteiger partial charge is 0.230 e. The number of nitrogens with one attached hydrogen (secondary N) is 2. The minimum atomic E-state index is -0.233. The summed E-state index contributed by atoms with van der Waals surface area (Å²) in [6.45, 7) is 1.57. The Labute approximate surface area is 91.9 Å². The number of amides is 1. The lowest BCUT2D eigenvalue weighted by molar-refractivity contribution is -0.115. The summed E-state index contributed by atoms with van der Waals surface area (Å²) in [5, 5.41) is 9.75. The fraction of sp³-hybridized carbons (Fsp3) is 0.200. The van der Waals surface area contributed by atoms with Crippen molar-refractivity contribution in [3.8, 4) is 0 Å². The molecule has 0 fully saturated rings. The van der Waals surface area contributed by atoms with Crippen molar-refractivity contribution in [1.82, 2.24) is 0 Å². The van der Waals surface area contributed by atoms with E-state index >= 15 is 0 Å². The fourth-order valence-corrected chi connectivity index (χ4v) is 1.27. The molecule has 80 valence electrons. The van der Waals surface area contributed by atoms with Crippen LogP contribution in [0.2, 0.25) is 0 Å². The van der Waals surface area contributed by atoms with E-state index in [1.165, 1.54) is 0 Å². The standard InChI is InChI=1S/C10H11FN2OS/c1-7(12)6-10(14)13-8-2-4-9(15-11)5-3-8/h2-5,12H,6H2,1H3,(H,13,14). The van der Waals surface area contributed by atoms with Gasteiger partial charge in [0.15, 0.2) is 0 Å². The summed E-state index contributed by atoms with van der Waals surface area (Å²) in [6, 6.07) is 6.41. The third-order valence-electron chi connectivity index (χ3n) is 1.65. The largest absolute Gasteiger partial charge is 0.326 e. The van der Waals surface area contributed by atoms with Crippen LogP contribution >= 0.6 is 12.1 Å². The summed E-state index contributed by atoms with van der Waals surface area (Å²) in [5.74, 6) is -0.233. The van der Waals surface area contributed by atoms with Crippen LogP contribution in [0.1, 0.15) is 13.3 Å². The zero-order valence-electron chi connectivity index (χ0n) is 8.21. The number of benzene rings is 1. The molecular weight excluding hydrogens is 215 g/mol. The van der Waals surface area contributed by atoms with Crippen molar-refractivity contribution in [1.29, 1.82) is 5.41 Å². The Hall–Kier alpha value is -1.36. The van der Waals surface area contributed by atoms with Gasteiger partial charge in [0.05, 0.1) is 18.6 Å². The molecule has 5 heteroatoms. The molecule has 3 nitrogen and oxygen atoms in total. The molecule has 0 bridgehead atoms. The highest BCUT2D eigenvalue weighted by Crippen LogP contribution is 2.20. The minimum absolute atomic E-state index is 0.0829. The molecule has 0 unspecified atom stereocenters. The molecule has 1 aromatic rings. The zero-order valence-corrected chi connectivity index (χ0v) is 9.03. The summed E-state index contributed by atoms with van der Waals surface area (Å²) in [6.07, 6.45) is 0.0829. The molecule has 0 aromatic heterocycles. The highest BCUT2D eigenvalue weighted by atomic mass is 32.2. The van der Waals surface area contributed by atoms with Crippen LogP contribution in [0.4, 0.5) is 9.57 Å². The fourth-order valence-electron chi connectivity index (χ4n) is 1.04. The van der Waals surface area contributed by atoms with Gasteiger partial charge in [0, 0.05) is 16.3 Å². The second-order valence-electron chi connectivity index (χ2n) is 3.11. The van der Waals surface area contributed by atoms with Gasteiger partial charge in [-0.25, -0.2) is 0 Å². The van der Waals surface area contributed by atoms with Crippen LogP contribution < -0.4 is 5.32 Å². The van der Waals surface area contributed by atoms with E-state index in [1.807, 2.05) is 0 Å². The second kappa shape index (κ2) is 5.50. The summed E-state index contributed by atoms with van der Waals surface area (Å²) in [7, 11) is 0. The maximum Gasteiger partial charge on any atom is 0.230 e. The first-order chi connectivity index (χ1) is 7.11. The third kappa shape index (κ3) is 4.12. The normalized spacial score (nSPS) is 9.73. The van der Waals surface area contributed by atoms with E-state index in [2.05, 4.69) is 5.32 Å². The van der Waals surface area contributed by atoms with Gasteiger partial charge in [0.25, 0.3) is 0 Å². The van der Waals surface area contributed by atoms with Crippen molar-refractivity contribution in [2.75, 3.05) is 5.32 Å². The average Bonchev–Trinajstić information content (AvgIpc) is 2.17. The van der Waals surface area contributed by atoms with Gasteiger partial charge in [0.2, 0.25) is 5.91 Å². The summed E-state index contributed by atoms with van der Waals surface area (Å²) in [4.78, 5) is 11.7. The van der Waals surface area contributed by atoms with Crippen molar-refractivity contribution in [3.63, 3.8) is 0 Å². The third-order valence-corrected chi connectivity index (χ3v) is 2.10. The van der Waals surface area contributed by atoms with E-state index in [1.54, 1.807) is 31.2 Å². The van der Waals surface area contributed by atoms with Crippen LogP contribution in [0, 0.1) is 5.41 Å². The number of anilines is 1. The van der Waals surface area contributed by atoms with E-state index in [9.17, 15) is 8.68 Å². The van der Waals surface area contributed by atoms with Gasteiger partial charge in [-0.05, 0) is 31.2 Å². The highest BCUT2D eigenvalue weighted by Gasteiger charge is 2.03.